The number of hydrogen-bond donors (Lipinski definition) is 1. The Morgan fingerprint density at radius 2 is 2.04 bits per heavy atom. The molecule has 1 atom stereocenters. The number of amides is 1. The first-order valence-corrected chi connectivity index (χ1v) is 8.16. The average molecular weight is 345 g/mol. The molecule has 2 heterocycles. The molecular weight excluding hydrogens is 330 g/mol. The Labute approximate surface area is 142 Å². The molecule has 0 bridgehead atoms. The van der Waals surface area contributed by atoms with E-state index < -0.39 is 18.0 Å². The lowest BCUT2D eigenvalue weighted by Crippen LogP contribution is -2.39. The minimum atomic E-state index is -0.966. The number of benzene rings is 1. The maximum Gasteiger partial charge on any atom is 0.310 e. The summed E-state index contributed by atoms with van der Waals surface area (Å²) in [6, 6.07) is 10.5. The molecule has 2 aromatic rings. The molecule has 1 aromatic heterocycles. The molecule has 1 N–H and O–H groups in total. The summed E-state index contributed by atoms with van der Waals surface area (Å²) < 4.78 is 10.5. The number of aryl methyl sites for hydroxylation is 1. The number of para-hydroxylation sites is 2. The summed E-state index contributed by atoms with van der Waals surface area (Å²) in [4.78, 5) is 37.3. The van der Waals surface area contributed by atoms with Gasteiger partial charge in [0.1, 0.15) is 5.75 Å². The molecule has 0 unspecified atom stereocenters. The normalized spacial score (nSPS) is 15.9. The highest BCUT2D eigenvalue weighted by molar-refractivity contribution is 7.14. The lowest BCUT2D eigenvalue weighted by Gasteiger charge is -2.25. The first kappa shape index (κ1) is 16.2. The molecule has 0 saturated carbocycles. The minimum Gasteiger partial charge on any atom is -0.478 e. The molecule has 0 fully saturated rings. The first-order chi connectivity index (χ1) is 11.5. The standard InChI is InChI=1S/C17H15NO5S/c1-10-6-7-15(24-10)12(19)9-22-16(20)8-14-17(21)18-11-4-2-3-5-13(11)23-14/h2-7,14H,8-9H2,1H3,(H,18,21)/t14-/m0/s1. The molecule has 7 heteroatoms. The number of hydrogen-bond acceptors (Lipinski definition) is 6. The summed E-state index contributed by atoms with van der Waals surface area (Å²) >= 11 is 1.35. The fraction of sp³-hybridized carbons (Fsp3) is 0.235. The van der Waals surface area contributed by atoms with Crippen molar-refractivity contribution in [3.63, 3.8) is 0 Å². The highest BCUT2D eigenvalue weighted by Crippen LogP contribution is 2.29. The fourth-order valence-corrected chi connectivity index (χ4v) is 3.03. The zero-order valence-electron chi connectivity index (χ0n) is 12.9. The number of ether oxygens (including phenoxy) is 2. The first-order valence-electron chi connectivity index (χ1n) is 7.35. The Kier molecular flexibility index (Phi) is 4.61. The third-order valence-electron chi connectivity index (χ3n) is 3.44. The van der Waals surface area contributed by atoms with Crippen molar-refractivity contribution in [3.05, 3.63) is 46.2 Å². The summed E-state index contributed by atoms with van der Waals surface area (Å²) in [5, 5.41) is 2.67. The Balaban J connectivity index is 1.54. The maximum atomic E-state index is 11.9. The highest BCUT2D eigenvalue weighted by atomic mass is 32.1. The molecule has 0 saturated heterocycles. The highest BCUT2D eigenvalue weighted by Gasteiger charge is 2.30. The van der Waals surface area contributed by atoms with E-state index in [2.05, 4.69) is 5.32 Å². The lowest BCUT2D eigenvalue weighted by atomic mass is 10.1. The van der Waals surface area contributed by atoms with Crippen molar-refractivity contribution >= 4 is 34.7 Å². The smallest absolute Gasteiger partial charge is 0.310 e. The quantitative estimate of drug-likeness (QED) is 0.665. The second-order valence-electron chi connectivity index (χ2n) is 5.29. The van der Waals surface area contributed by atoms with Gasteiger partial charge in [-0.3, -0.25) is 14.4 Å². The van der Waals surface area contributed by atoms with Gasteiger partial charge in [0.25, 0.3) is 5.91 Å². The largest absolute Gasteiger partial charge is 0.478 e. The topological polar surface area (TPSA) is 81.7 Å². The van der Waals surface area contributed by atoms with Crippen LogP contribution in [0.2, 0.25) is 0 Å². The van der Waals surface area contributed by atoms with Crippen molar-refractivity contribution in [3.8, 4) is 5.75 Å². The van der Waals surface area contributed by atoms with E-state index in [4.69, 9.17) is 9.47 Å². The van der Waals surface area contributed by atoms with Crippen molar-refractivity contribution in [1.29, 1.82) is 0 Å². The second-order valence-corrected chi connectivity index (χ2v) is 6.58. The third-order valence-corrected chi connectivity index (χ3v) is 4.48. The summed E-state index contributed by atoms with van der Waals surface area (Å²) in [6.45, 7) is 1.55. The number of anilines is 1. The van der Waals surface area contributed by atoms with Crippen LogP contribution in [0.25, 0.3) is 0 Å². The van der Waals surface area contributed by atoms with E-state index in [-0.39, 0.29) is 18.8 Å². The van der Waals surface area contributed by atoms with Gasteiger partial charge in [-0.15, -0.1) is 11.3 Å². The van der Waals surface area contributed by atoms with Gasteiger partial charge in [0.05, 0.1) is 17.0 Å². The summed E-state index contributed by atoms with van der Waals surface area (Å²) in [6.07, 6.45) is -1.22. The van der Waals surface area contributed by atoms with Gasteiger partial charge in [-0.2, -0.15) is 0 Å². The van der Waals surface area contributed by atoms with Crippen molar-refractivity contribution < 1.29 is 23.9 Å². The molecule has 6 nitrogen and oxygen atoms in total. The molecule has 1 aromatic carbocycles. The zero-order valence-corrected chi connectivity index (χ0v) is 13.7. The van der Waals surface area contributed by atoms with Crippen molar-refractivity contribution in [1.82, 2.24) is 0 Å². The molecule has 3 rings (SSSR count). The van der Waals surface area contributed by atoms with E-state index in [1.165, 1.54) is 11.3 Å². The molecule has 1 aliphatic heterocycles. The van der Waals surface area contributed by atoms with Gasteiger partial charge in [0.2, 0.25) is 5.78 Å². The SMILES string of the molecule is Cc1ccc(C(=O)COC(=O)C[C@@H]2Oc3ccccc3NC2=O)s1. The monoisotopic (exact) mass is 345 g/mol. The van der Waals surface area contributed by atoms with Gasteiger partial charge in [0, 0.05) is 4.88 Å². The van der Waals surface area contributed by atoms with Gasteiger partial charge < -0.3 is 14.8 Å². The minimum absolute atomic E-state index is 0.253. The lowest BCUT2D eigenvalue weighted by molar-refractivity contribution is -0.146. The number of thiophene rings is 1. The van der Waals surface area contributed by atoms with Crippen LogP contribution in [0.15, 0.2) is 36.4 Å². The van der Waals surface area contributed by atoms with Crippen molar-refractivity contribution in [2.24, 2.45) is 0 Å². The van der Waals surface area contributed by atoms with Crippen LogP contribution < -0.4 is 10.1 Å². The number of Topliss-reactive ketones (excluding diaryl/α,β-unsaturated/α-hetero) is 1. The van der Waals surface area contributed by atoms with E-state index in [1.807, 2.05) is 13.0 Å². The number of fused-ring (bicyclic) bond motifs is 1. The number of carbonyl (C=O) groups is 3. The van der Waals surface area contributed by atoms with Crippen molar-refractivity contribution in [2.75, 3.05) is 11.9 Å². The van der Waals surface area contributed by atoms with Crippen LogP contribution in [-0.4, -0.2) is 30.4 Å². The van der Waals surface area contributed by atoms with Gasteiger partial charge >= 0.3 is 5.97 Å². The molecule has 0 aliphatic carbocycles. The zero-order chi connectivity index (χ0) is 17.1. The van der Waals surface area contributed by atoms with E-state index in [0.717, 1.165) is 4.88 Å². The van der Waals surface area contributed by atoms with Crippen LogP contribution in [0, 0.1) is 6.92 Å². The summed E-state index contributed by atoms with van der Waals surface area (Å²) in [5.41, 5.74) is 0.565. The molecule has 124 valence electrons. The number of esters is 1. The van der Waals surface area contributed by atoms with Gasteiger partial charge in [0.15, 0.2) is 12.7 Å². The number of nitrogens with one attached hydrogen (secondary N) is 1. The van der Waals surface area contributed by atoms with E-state index in [1.54, 1.807) is 30.3 Å². The molecule has 1 aliphatic rings. The molecule has 0 spiro atoms. The van der Waals surface area contributed by atoms with E-state index >= 15 is 0 Å². The molecule has 24 heavy (non-hydrogen) atoms. The van der Waals surface area contributed by atoms with Crippen LogP contribution in [0.4, 0.5) is 5.69 Å². The molecular formula is C17H15NO5S. The average Bonchev–Trinajstić information content (AvgIpc) is 3.00. The van der Waals surface area contributed by atoms with E-state index in [0.29, 0.717) is 16.3 Å². The number of rotatable bonds is 5. The predicted molar refractivity (Wildman–Crippen MR) is 88.5 cm³/mol. The fourth-order valence-electron chi connectivity index (χ4n) is 2.24. The van der Waals surface area contributed by atoms with E-state index in [9.17, 15) is 14.4 Å². The Morgan fingerprint density at radius 1 is 1.25 bits per heavy atom. The van der Waals surface area contributed by atoms with Crippen LogP contribution in [0.1, 0.15) is 21.0 Å². The third kappa shape index (κ3) is 3.62. The van der Waals surface area contributed by atoms with Crippen LogP contribution >= 0.6 is 11.3 Å². The van der Waals surface area contributed by atoms with Crippen LogP contribution in [0.3, 0.4) is 0 Å². The summed E-state index contributed by atoms with van der Waals surface area (Å²) in [5.74, 6) is -0.831. The Morgan fingerprint density at radius 3 is 2.79 bits per heavy atom. The number of ketones is 1. The number of carbonyl (C=O) groups excluding carboxylic acids is 3. The van der Waals surface area contributed by atoms with Crippen LogP contribution in [-0.2, 0) is 14.3 Å². The predicted octanol–water partition coefficient (Wildman–Crippen LogP) is 2.57. The summed E-state index contributed by atoms with van der Waals surface area (Å²) in [7, 11) is 0. The Bertz CT molecular complexity index is 798. The second kappa shape index (κ2) is 6.84. The molecule has 1 amide bonds. The van der Waals surface area contributed by atoms with Gasteiger partial charge in [-0.05, 0) is 31.2 Å². The molecule has 0 radical (unpaired) electrons. The van der Waals surface area contributed by atoms with Gasteiger partial charge in [-0.1, -0.05) is 12.1 Å². The van der Waals surface area contributed by atoms with Crippen molar-refractivity contribution in [2.45, 2.75) is 19.4 Å². The Hall–Kier alpha value is -2.67. The van der Waals surface area contributed by atoms with Crippen LogP contribution in [0.5, 0.6) is 5.75 Å². The van der Waals surface area contributed by atoms with Gasteiger partial charge in [-0.25, -0.2) is 0 Å². The maximum absolute atomic E-state index is 11.9.